The summed E-state index contributed by atoms with van der Waals surface area (Å²) >= 11 is 0. The molecule has 0 fully saturated rings. The lowest BCUT2D eigenvalue weighted by Gasteiger charge is -2.20. The van der Waals surface area contributed by atoms with Gasteiger partial charge in [0.1, 0.15) is 11.7 Å². The van der Waals surface area contributed by atoms with Crippen molar-refractivity contribution >= 4 is 16.5 Å². The largest absolute Gasteiger partial charge is 0.423 e. The second kappa shape index (κ2) is 11.0. The van der Waals surface area contributed by atoms with E-state index in [0.717, 1.165) is 35.4 Å². The summed E-state index contributed by atoms with van der Waals surface area (Å²) in [7, 11) is 0. The van der Waals surface area contributed by atoms with Gasteiger partial charge in [-0.15, -0.1) is 0 Å². The Bertz CT molecular complexity index is 1650. The predicted molar refractivity (Wildman–Crippen MR) is 127 cm³/mol. The molecule has 2 N–H and O–H groups in total. The lowest BCUT2D eigenvalue weighted by atomic mass is 10.1. The molecule has 0 aliphatic rings. The van der Waals surface area contributed by atoms with E-state index in [-0.39, 0.29) is 5.39 Å². The molecule has 3 aromatic heterocycles. The zero-order valence-electron chi connectivity index (χ0n) is 20.2. The van der Waals surface area contributed by atoms with Gasteiger partial charge in [0.05, 0.1) is 34.9 Å². The highest BCUT2D eigenvalue weighted by molar-refractivity contribution is 5.86. The summed E-state index contributed by atoms with van der Waals surface area (Å²) in [5, 5.41) is 6.55. The lowest BCUT2D eigenvalue weighted by molar-refractivity contribution is -0.138. The average molecular weight is 574 g/mol. The van der Waals surface area contributed by atoms with Gasteiger partial charge < -0.3 is 9.88 Å². The maximum Gasteiger partial charge on any atom is 0.423 e. The van der Waals surface area contributed by atoms with Gasteiger partial charge in [0.25, 0.3) is 17.5 Å². The number of H-pyrrole nitrogens is 1. The Morgan fingerprint density at radius 3 is 2.35 bits per heavy atom. The van der Waals surface area contributed by atoms with Crippen molar-refractivity contribution in [3.8, 4) is 11.4 Å². The normalized spacial score (nSPS) is 13.6. The van der Waals surface area contributed by atoms with Crippen molar-refractivity contribution in [3.63, 3.8) is 0 Å². The van der Waals surface area contributed by atoms with Crippen molar-refractivity contribution in [3.05, 3.63) is 80.4 Å². The number of alkyl halides is 6. The van der Waals surface area contributed by atoms with Crippen molar-refractivity contribution in [2.75, 3.05) is 5.32 Å². The van der Waals surface area contributed by atoms with E-state index in [9.17, 15) is 44.7 Å². The van der Waals surface area contributed by atoms with E-state index in [1.54, 1.807) is 5.10 Å². The van der Waals surface area contributed by atoms with Crippen LogP contribution in [0.25, 0.3) is 22.2 Å². The molecule has 2 atom stereocenters. The van der Waals surface area contributed by atoms with E-state index in [1.807, 2.05) is 0 Å². The second-order valence-electron chi connectivity index (χ2n) is 8.79. The van der Waals surface area contributed by atoms with E-state index < -0.39 is 94.1 Å². The molecule has 0 spiro atoms. The van der Waals surface area contributed by atoms with Crippen LogP contribution in [-0.4, -0.2) is 36.9 Å². The maximum absolute atomic E-state index is 15.0. The van der Waals surface area contributed by atoms with Gasteiger partial charge in [-0.3, -0.25) is 9.59 Å². The first kappa shape index (κ1) is 28.6. The molecule has 212 valence electrons. The number of nitrogens with one attached hydrogen (secondary N) is 2. The number of rotatable bonds is 8. The molecule has 0 saturated heterocycles. The Kier molecular flexibility index (Phi) is 7.88. The van der Waals surface area contributed by atoms with Crippen molar-refractivity contribution in [1.82, 2.24) is 24.7 Å². The van der Waals surface area contributed by atoms with Crippen molar-refractivity contribution in [2.45, 2.75) is 44.7 Å². The van der Waals surface area contributed by atoms with Crippen LogP contribution in [-0.2, 0) is 12.7 Å². The van der Waals surface area contributed by atoms with Crippen molar-refractivity contribution < 1.29 is 35.1 Å². The van der Waals surface area contributed by atoms with Crippen LogP contribution in [0.3, 0.4) is 0 Å². The molecule has 0 aliphatic carbocycles. The molecule has 4 rings (SSSR count). The summed E-state index contributed by atoms with van der Waals surface area (Å²) in [6, 6.07) is 1.27. The summed E-state index contributed by atoms with van der Waals surface area (Å²) in [6.45, 7) is 0.686. The number of hydrogen-bond donors (Lipinski definition) is 2. The van der Waals surface area contributed by atoms with Crippen LogP contribution < -0.4 is 16.4 Å². The minimum absolute atomic E-state index is 0.0939. The third kappa shape index (κ3) is 5.79. The molecule has 0 saturated carbocycles. The number of nitrogens with zero attached hydrogens (tertiary/aromatic N) is 4. The van der Waals surface area contributed by atoms with Crippen LogP contribution in [0, 0.1) is 11.6 Å². The van der Waals surface area contributed by atoms with E-state index in [4.69, 9.17) is 0 Å². The first-order valence-electron chi connectivity index (χ1n) is 11.4. The van der Waals surface area contributed by atoms with Crippen molar-refractivity contribution in [2.24, 2.45) is 0 Å². The van der Waals surface area contributed by atoms with Gasteiger partial charge in [0, 0.05) is 31.1 Å². The average Bonchev–Trinajstić information content (AvgIpc) is 2.86. The molecule has 8 nitrogen and oxygen atoms in total. The molecule has 4 aromatic rings. The number of anilines is 1. The topological polar surface area (TPSA) is 106 Å². The number of aromatic amines is 1. The van der Waals surface area contributed by atoms with Gasteiger partial charge in [-0.1, -0.05) is 0 Å². The summed E-state index contributed by atoms with van der Waals surface area (Å²) in [6.07, 6.45) is -6.81. The predicted octanol–water partition coefficient (Wildman–Crippen LogP) is 5.01. The highest BCUT2D eigenvalue weighted by Gasteiger charge is 2.37. The van der Waals surface area contributed by atoms with E-state index in [1.165, 1.54) is 13.0 Å². The summed E-state index contributed by atoms with van der Waals surface area (Å²) in [4.78, 5) is 31.7. The molecular formula is C24H18F8N6O2. The van der Waals surface area contributed by atoms with Crippen LogP contribution in [0.1, 0.15) is 30.9 Å². The Labute approximate surface area is 218 Å². The highest BCUT2D eigenvalue weighted by Crippen LogP contribution is 2.32. The summed E-state index contributed by atoms with van der Waals surface area (Å²) in [5.74, 6) is -3.50. The molecule has 0 unspecified atom stereocenters. The zero-order chi connectivity index (χ0) is 29.4. The van der Waals surface area contributed by atoms with Gasteiger partial charge in [-0.2, -0.15) is 18.3 Å². The first-order chi connectivity index (χ1) is 18.8. The van der Waals surface area contributed by atoms with Gasteiger partial charge in [-0.25, -0.2) is 37.0 Å². The molecule has 40 heavy (non-hydrogen) atoms. The monoisotopic (exact) mass is 574 g/mol. The van der Waals surface area contributed by atoms with Gasteiger partial charge >= 0.3 is 6.18 Å². The minimum Gasteiger partial charge on any atom is -0.381 e. The first-order valence-corrected chi connectivity index (χ1v) is 11.4. The number of pyridine rings is 1. The zero-order valence-corrected chi connectivity index (χ0v) is 20.2. The van der Waals surface area contributed by atoms with Crippen LogP contribution in [0.2, 0.25) is 0 Å². The molecule has 0 bridgehead atoms. The standard InChI is InChI=1S/C24H18F8N6O2/c1-10(36-15-8-35-37-22(39)17(15)24(30,31)32)4-13(25)9-38-3-2-11-5-14(18(26)19(27)16(11)23(38)40)21-33-6-12(7-34-21)20(28)29/h2-3,5-8,10,13,20H,4,9H2,1H3,(H2,36,37,39)/t10-,13-/m0/s1. The molecule has 16 heteroatoms. The van der Waals surface area contributed by atoms with E-state index >= 15 is 0 Å². The Morgan fingerprint density at radius 1 is 1.05 bits per heavy atom. The van der Waals surface area contributed by atoms with Crippen LogP contribution in [0.4, 0.5) is 40.8 Å². The number of halogens is 8. The van der Waals surface area contributed by atoms with Gasteiger partial charge in [0.15, 0.2) is 17.5 Å². The fourth-order valence-corrected chi connectivity index (χ4v) is 4.06. The van der Waals surface area contributed by atoms with Gasteiger partial charge in [0.2, 0.25) is 0 Å². The third-order valence-electron chi connectivity index (χ3n) is 5.86. The van der Waals surface area contributed by atoms with Crippen LogP contribution in [0.5, 0.6) is 0 Å². The molecule has 0 radical (unpaired) electrons. The summed E-state index contributed by atoms with van der Waals surface area (Å²) in [5.41, 5.74) is -5.80. The second-order valence-corrected chi connectivity index (χ2v) is 8.79. The molecular weight excluding hydrogens is 556 g/mol. The number of benzene rings is 1. The molecule has 0 aliphatic heterocycles. The third-order valence-corrected chi connectivity index (χ3v) is 5.86. The Morgan fingerprint density at radius 2 is 1.73 bits per heavy atom. The summed E-state index contributed by atoms with van der Waals surface area (Å²) < 4.78 is 111. The molecule has 3 heterocycles. The fourth-order valence-electron chi connectivity index (χ4n) is 4.06. The maximum atomic E-state index is 15.0. The van der Waals surface area contributed by atoms with Gasteiger partial charge in [-0.05, 0) is 24.4 Å². The van der Waals surface area contributed by atoms with E-state index in [0.29, 0.717) is 0 Å². The molecule has 0 amide bonds. The highest BCUT2D eigenvalue weighted by atomic mass is 19.4. The quantitative estimate of drug-likeness (QED) is 0.287. The Balaban J connectivity index is 1.55. The lowest BCUT2D eigenvalue weighted by Crippen LogP contribution is -2.30. The van der Waals surface area contributed by atoms with Crippen LogP contribution in [0.15, 0.2) is 46.5 Å². The number of fused-ring (bicyclic) bond motifs is 1. The minimum atomic E-state index is -5.01. The van der Waals surface area contributed by atoms with Crippen LogP contribution >= 0.6 is 0 Å². The number of aromatic nitrogens is 5. The van der Waals surface area contributed by atoms with E-state index in [2.05, 4.69) is 20.4 Å². The smallest absolute Gasteiger partial charge is 0.381 e. The molecule has 1 aromatic carbocycles. The number of hydrogen-bond acceptors (Lipinski definition) is 6. The van der Waals surface area contributed by atoms with Crippen molar-refractivity contribution in [1.29, 1.82) is 0 Å². The SMILES string of the molecule is C[C@@H](C[C@H](F)Cn1ccc2cc(-c3ncc(C(F)F)cn3)c(F)c(F)c2c1=O)Nc1cn[nH]c(=O)c1C(F)(F)F. The fraction of sp³-hybridized carbons (Fsp3) is 0.292. The Hall–Kier alpha value is -4.37.